The van der Waals surface area contributed by atoms with Crippen molar-refractivity contribution in [2.75, 3.05) is 25.6 Å². The summed E-state index contributed by atoms with van der Waals surface area (Å²) in [5.74, 6) is -0.716. The highest BCUT2D eigenvalue weighted by Crippen LogP contribution is 2.36. The first kappa shape index (κ1) is 40.6. The summed E-state index contributed by atoms with van der Waals surface area (Å²) in [6.45, 7) is 9.39. The number of nitrogens with one attached hydrogen (secondary N) is 2. The van der Waals surface area contributed by atoms with Crippen molar-refractivity contribution in [1.82, 2.24) is 53.9 Å². The minimum Gasteiger partial charge on any atom is -0.491 e. The second-order valence-corrected chi connectivity index (χ2v) is 13.7. The van der Waals surface area contributed by atoms with Crippen molar-refractivity contribution in [2.24, 2.45) is 11.5 Å². The van der Waals surface area contributed by atoms with Crippen LogP contribution >= 0.6 is 0 Å². The Morgan fingerprint density at radius 2 is 1.50 bits per heavy atom. The zero-order valence-electron chi connectivity index (χ0n) is 33.7. The third-order valence-corrected chi connectivity index (χ3v) is 9.63. The third-order valence-electron chi connectivity index (χ3n) is 9.63. The van der Waals surface area contributed by atoms with Gasteiger partial charge in [0, 0.05) is 68.4 Å². The van der Waals surface area contributed by atoms with Crippen LogP contribution in [-0.4, -0.2) is 92.7 Å². The Morgan fingerprint density at radius 3 is 2.22 bits per heavy atom. The van der Waals surface area contributed by atoms with Gasteiger partial charge in [-0.05, 0) is 58.0 Å². The van der Waals surface area contributed by atoms with Crippen LogP contribution in [-0.2, 0) is 30.9 Å². The number of imidazole rings is 1. The van der Waals surface area contributed by atoms with Gasteiger partial charge in [-0.2, -0.15) is 10.2 Å². The normalized spacial score (nSPS) is 11.6. The van der Waals surface area contributed by atoms with Crippen molar-refractivity contribution in [2.45, 2.75) is 60.3 Å². The largest absolute Gasteiger partial charge is 0.491 e. The molecule has 0 bridgehead atoms. The lowest BCUT2D eigenvalue weighted by atomic mass is 10.1. The van der Waals surface area contributed by atoms with Crippen LogP contribution in [0.2, 0.25) is 0 Å². The first-order chi connectivity index (χ1) is 28.9. The molecule has 4 amide bonds. The van der Waals surface area contributed by atoms with Gasteiger partial charge >= 0.3 is 6.09 Å². The molecule has 20 heteroatoms. The number of fused-ring (bicyclic) bond motifs is 4. The van der Waals surface area contributed by atoms with E-state index in [1.807, 2.05) is 48.2 Å². The molecule has 60 heavy (non-hydrogen) atoms. The van der Waals surface area contributed by atoms with Gasteiger partial charge in [0.2, 0.25) is 17.8 Å². The van der Waals surface area contributed by atoms with Gasteiger partial charge < -0.3 is 30.8 Å². The summed E-state index contributed by atoms with van der Waals surface area (Å²) in [4.78, 5) is 68.6. The summed E-state index contributed by atoms with van der Waals surface area (Å²) in [5, 5.41) is 15.6. The highest BCUT2D eigenvalue weighted by atomic mass is 16.5. The van der Waals surface area contributed by atoms with Gasteiger partial charge in [-0.15, -0.1) is 0 Å². The molecule has 6 heterocycles. The number of allylic oxidation sites excluding steroid dienone is 2. The molecule has 310 valence electrons. The summed E-state index contributed by atoms with van der Waals surface area (Å²) in [7, 11) is 1.47. The molecule has 0 radical (unpaired) electrons. The van der Waals surface area contributed by atoms with Gasteiger partial charge in [-0.25, -0.2) is 24.7 Å². The number of nitrogens with two attached hydrogens (primary N) is 2. The zero-order chi connectivity index (χ0) is 42.7. The molecule has 6 aromatic heterocycles. The number of ether oxygens (including phenoxy) is 2. The van der Waals surface area contributed by atoms with Crippen molar-refractivity contribution >= 4 is 62.9 Å². The Bertz CT molecular complexity index is 2830. The molecule has 0 aliphatic carbocycles. The van der Waals surface area contributed by atoms with E-state index in [0.29, 0.717) is 75.6 Å². The van der Waals surface area contributed by atoms with Gasteiger partial charge in [-0.3, -0.25) is 33.6 Å². The fraction of sp³-hybridized carbons (Fsp3) is 0.300. The molecule has 7 rings (SSSR count). The lowest BCUT2D eigenvalue weighted by Gasteiger charge is -2.12. The van der Waals surface area contributed by atoms with E-state index >= 15 is 0 Å². The van der Waals surface area contributed by atoms with Gasteiger partial charge in [0.05, 0.1) is 35.7 Å². The molecule has 6 N–H and O–H groups in total. The number of anilines is 1. The van der Waals surface area contributed by atoms with E-state index in [4.69, 9.17) is 30.9 Å². The van der Waals surface area contributed by atoms with Crippen LogP contribution in [0.5, 0.6) is 5.75 Å². The molecular weight excluding hydrogens is 773 g/mol. The minimum atomic E-state index is -0.664. The fourth-order valence-corrected chi connectivity index (χ4v) is 6.87. The summed E-state index contributed by atoms with van der Waals surface area (Å²) in [6.07, 6.45) is 6.67. The molecule has 0 saturated heterocycles. The van der Waals surface area contributed by atoms with Crippen molar-refractivity contribution < 1.29 is 28.7 Å². The van der Waals surface area contributed by atoms with Gasteiger partial charge in [0.25, 0.3) is 5.91 Å². The van der Waals surface area contributed by atoms with E-state index in [1.165, 1.54) is 19.3 Å². The number of rotatable bonds is 16. The average Bonchev–Trinajstić information content (AvgIpc) is 3.99. The quantitative estimate of drug-likeness (QED) is 0.0800. The number of nitrogens with zero attached hydrogens (tertiary/aromatic N) is 10. The van der Waals surface area contributed by atoms with E-state index in [0.717, 1.165) is 11.4 Å². The number of hydrogen-bond acceptors (Lipinski definition) is 12. The lowest BCUT2D eigenvalue weighted by Crippen LogP contribution is -2.20. The number of benzene rings is 1. The van der Waals surface area contributed by atoms with Crippen LogP contribution in [0.25, 0.3) is 44.6 Å². The molecule has 0 aliphatic rings. The number of hydrogen-bond donors (Lipinski definition) is 4. The first-order valence-electron chi connectivity index (χ1n) is 19.2. The van der Waals surface area contributed by atoms with E-state index in [9.17, 15) is 19.2 Å². The van der Waals surface area contributed by atoms with Gasteiger partial charge in [0.1, 0.15) is 28.3 Å². The maximum atomic E-state index is 13.5. The molecule has 0 atom stereocenters. The average molecular weight is 817 g/mol. The standard InChI is InChI=1S/C40H44N14O6/c1-6-53-29(15-22(3)49-53)35-44-21-27-26-17-24(33(41)55)19-31(59-13-10-14-60-40(58)43-5)32(26)51(36(27)47-35)11-8-9-12-52-37-28(18-25(20-45-37)34(42)56)46-39(52)48-38(57)30-16-23(4)50-54(30)7-2/h8-9,15-21H,6-7,10-14H2,1-5H3,(H2,41,55)(H2,42,56)(H,43,58)(H,46,48,57)/b9-8+. The maximum absolute atomic E-state index is 13.5. The Morgan fingerprint density at radius 1 is 0.783 bits per heavy atom. The predicted molar refractivity (Wildman–Crippen MR) is 221 cm³/mol. The number of carbonyl (C=O) groups excluding carboxylic acids is 4. The Balaban J connectivity index is 1.29. The minimum absolute atomic E-state index is 0.107. The molecule has 20 nitrogen and oxygen atoms in total. The molecule has 0 fully saturated rings. The van der Waals surface area contributed by atoms with E-state index in [-0.39, 0.29) is 43.4 Å². The SMILES string of the molecule is CCn1nc(C)cc1C(=O)Nc1nc2cc(C(N)=O)cnc2n1C/C=C/Cn1c2nc(-c3cc(C)nn3CC)ncc2c2cc(C(N)=O)cc(OCCCOC(=O)NC)c21. The summed E-state index contributed by atoms with van der Waals surface area (Å²) < 4.78 is 18.5. The fourth-order valence-electron chi connectivity index (χ4n) is 6.87. The number of primary amides is 2. The second kappa shape index (κ2) is 17.1. The monoisotopic (exact) mass is 816 g/mol. The molecule has 0 unspecified atom stereocenters. The topological polar surface area (TPSA) is 260 Å². The number of carbonyl (C=O) groups is 4. The predicted octanol–water partition coefficient (Wildman–Crippen LogP) is 3.88. The van der Waals surface area contributed by atoms with Crippen LogP contribution in [0.15, 0.2) is 54.9 Å². The lowest BCUT2D eigenvalue weighted by molar-refractivity contribution is 0.0991. The zero-order valence-corrected chi connectivity index (χ0v) is 33.7. The van der Waals surface area contributed by atoms with E-state index in [1.54, 1.807) is 40.6 Å². The third kappa shape index (κ3) is 8.06. The van der Waals surface area contributed by atoms with Crippen LogP contribution in [0.3, 0.4) is 0 Å². The number of amides is 4. The molecule has 1 aromatic carbocycles. The number of alkyl carbamates (subject to hydrolysis) is 1. The second-order valence-electron chi connectivity index (χ2n) is 13.7. The Hall–Kier alpha value is -7.64. The first-order valence-corrected chi connectivity index (χ1v) is 19.2. The van der Waals surface area contributed by atoms with Crippen molar-refractivity contribution in [3.63, 3.8) is 0 Å². The smallest absolute Gasteiger partial charge is 0.406 e. The van der Waals surface area contributed by atoms with Crippen LogP contribution < -0.4 is 26.8 Å². The maximum Gasteiger partial charge on any atom is 0.406 e. The van der Waals surface area contributed by atoms with Crippen molar-refractivity contribution in [1.29, 1.82) is 0 Å². The summed E-state index contributed by atoms with van der Waals surface area (Å²) >= 11 is 0. The highest BCUT2D eigenvalue weighted by Gasteiger charge is 2.22. The number of aromatic nitrogens is 10. The number of pyridine rings is 1. The van der Waals surface area contributed by atoms with Gasteiger partial charge in [-0.1, -0.05) is 12.2 Å². The Labute approximate surface area is 342 Å². The summed E-state index contributed by atoms with van der Waals surface area (Å²) in [6, 6.07) is 8.40. The highest BCUT2D eigenvalue weighted by molar-refractivity contribution is 6.12. The van der Waals surface area contributed by atoms with Crippen LogP contribution in [0.1, 0.15) is 62.9 Å². The molecule has 7 aromatic rings. The van der Waals surface area contributed by atoms with E-state index < -0.39 is 23.8 Å². The van der Waals surface area contributed by atoms with Gasteiger partial charge in [0.15, 0.2) is 11.5 Å². The van der Waals surface area contributed by atoms with Crippen molar-refractivity contribution in [3.05, 3.63) is 83.1 Å². The Kier molecular flexibility index (Phi) is 11.5. The number of aryl methyl sites for hydroxylation is 4. The van der Waals surface area contributed by atoms with E-state index in [2.05, 4.69) is 30.8 Å². The molecule has 0 spiro atoms. The molecular formula is C40H44N14O6. The van der Waals surface area contributed by atoms with Crippen molar-refractivity contribution in [3.8, 4) is 17.3 Å². The molecule has 0 aliphatic heterocycles. The summed E-state index contributed by atoms with van der Waals surface area (Å²) in [5.41, 5.74) is 16.3. The van der Waals surface area contributed by atoms with Crippen LogP contribution in [0.4, 0.5) is 10.7 Å². The van der Waals surface area contributed by atoms with Crippen LogP contribution in [0, 0.1) is 13.8 Å². The molecule has 0 saturated carbocycles.